The molecule has 1 rings (SSSR count). The smallest absolute Gasteiger partial charge is 0.242 e. The molecule has 0 bridgehead atoms. The van der Waals surface area contributed by atoms with E-state index in [4.69, 9.17) is 5.11 Å². The molecular weight excluding hydrogens is 144 g/mol. The number of likely N-dealkylation sites (N-methyl/N-ethyl adjacent to an activating group) is 1. The van der Waals surface area contributed by atoms with Gasteiger partial charge in [-0.2, -0.15) is 0 Å². The maximum atomic E-state index is 11.3. The van der Waals surface area contributed by atoms with Gasteiger partial charge < -0.3 is 15.3 Å². The summed E-state index contributed by atoms with van der Waals surface area (Å²) < 4.78 is 0. The van der Waals surface area contributed by atoms with Crippen LogP contribution in [0.5, 0.6) is 0 Å². The van der Waals surface area contributed by atoms with E-state index in [1.165, 1.54) is 0 Å². The second-order valence-electron chi connectivity index (χ2n) is 2.94. The summed E-state index contributed by atoms with van der Waals surface area (Å²) >= 11 is 0. The summed E-state index contributed by atoms with van der Waals surface area (Å²) in [5.41, 5.74) is 0. The zero-order chi connectivity index (χ0) is 8.43. The molecular formula is C7H14N2O2. The van der Waals surface area contributed by atoms with Crippen molar-refractivity contribution in [3.8, 4) is 0 Å². The fourth-order valence-electron chi connectivity index (χ4n) is 1.14. The molecule has 1 amide bonds. The number of nitrogens with zero attached hydrogens (tertiary/aromatic N) is 1. The van der Waals surface area contributed by atoms with Crippen molar-refractivity contribution in [2.75, 3.05) is 20.2 Å². The van der Waals surface area contributed by atoms with E-state index < -0.39 is 6.04 Å². The Morgan fingerprint density at radius 2 is 2.45 bits per heavy atom. The van der Waals surface area contributed by atoms with Crippen molar-refractivity contribution in [1.82, 2.24) is 10.2 Å². The van der Waals surface area contributed by atoms with Gasteiger partial charge >= 0.3 is 0 Å². The molecule has 0 spiro atoms. The molecule has 2 N–H and O–H groups in total. The van der Waals surface area contributed by atoms with Gasteiger partial charge in [-0.15, -0.1) is 0 Å². The number of carbonyl (C=O) groups is 1. The van der Waals surface area contributed by atoms with Crippen molar-refractivity contribution in [2.24, 2.45) is 0 Å². The van der Waals surface area contributed by atoms with Crippen molar-refractivity contribution in [3.63, 3.8) is 0 Å². The third-order valence-electron chi connectivity index (χ3n) is 2.15. The van der Waals surface area contributed by atoms with E-state index in [0.717, 1.165) is 6.54 Å². The Kier molecular flexibility index (Phi) is 2.46. The molecule has 11 heavy (non-hydrogen) atoms. The van der Waals surface area contributed by atoms with Crippen LogP contribution in [0.15, 0.2) is 0 Å². The Hall–Kier alpha value is -0.610. The number of amides is 1. The van der Waals surface area contributed by atoms with Crippen LogP contribution in [0.1, 0.15) is 6.92 Å². The second-order valence-corrected chi connectivity index (χ2v) is 2.94. The molecule has 0 aliphatic carbocycles. The molecule has 0 aromatic rings. The highest BCUT2D eigenvalue weighted by Crippen LogP contribution is 2.04. The predicted octanol–water partition coefficient (Wildman–Crippen LogP) is -1.20. The lowest BCUT2D eigenvalue weighted by molar-refractivity contribution is -0.137. The number of hydrogen-bond acceptors (Lipinski definition) is 3. The Balaban J connectivity index is 2.59. The van der Waals surface area contributed by atoms with Gasteiger partial charge in [-0.1, -0.05) is 0 Å². The predicted molar refractivity (Wildman–Crippen MR) is 41.1 cm³/mol. The van der Waals surface area contributed by atoms with Crippen molar-refractivity contribution < 1.29 is 9.90 Å². The quantitative estimate of drug-likeness (QED) is 0.504. The number of piperazine rings is 1. The van der Waals surface area contributed by atoms with Crippen LogP contribution in [0, 0.1) is 0 Å². The fourth-order valence-corrected chi connectivity index (χ4v) is 1.14. The first-order valence-electron chi connectivity index (χ1n) is 3.77. The van der Waals surface area contributed by atoms with E-state index in [1.807, 2.05) is 6.92 Å². The number of hydrogen-bond donors (Lipinski definition) is 2. The maximum Gasteiger partial charge on any atom is 0.242 e. The summed E-state index contributed by atoms with van der Waals surface area (Å²) in [6, 6.07) is -0.165. The van der Waals surface area contributed by atoms with Gasteiger partial charge in [-0.3, -0.25) is 4.79 Å². The minimum atomic E-state index is -0.392. The van der Waals surface area contributed by atoms with Crippen molar-refractivity contribution in [1.29, 1.82) is 0 Å². The maximum absolute atomic E-state index is 11.3. The van der Waals surface area contributed by atoms with Crippen molar-refractivity contribution in [3.05, 3.63) is 0 Å². The first-order chi connectivity index (χ1) is 5.16. The highest BCUT2D eigenvalue weighted by Gasteiger charge is 2.29. The minimum absolute atomic E-state index is 0.0220. The van der Waals surface area contributed by atoms with E-state index in [-0.39, 0.29) is 18.6 Å². The Bertz CT molecular complexity index is 157. The number of nitrogens with one attached hydrogen (secondary N) is 1. The molecule has 0 aromatic carbocycles. The van der Waals surface area contributed by atoms with Gasteiger partial charge in [0.05, 0.1) is 6.61 Å². The molecule has 0 saturated carbocycles. The topological polar surface area (TPSA) is 52.6 Å². The summed E-state index contributed by atoms with van der Waals surface area (Å²) in [5.74, 6) is -0.0220. The summed E-state index contributed by atoms with van der Waals surface area (Å²) in [5, 5.41) is 11.7. The van der Waals surface area contributed by atoms with Crippen LogP contribution in [0.4, 0.5) is 0 Å². The van der Waals surface area contributed by atoms with Crippen LogP contribution in [0.25, 0.3) is 0 Å². The molecule has 64 valence electrons. The zero-order valence-corrected chi connectivity index (χ0v) is 6.87. The SMILES string of the molecule is CC1CNC(CO)C(=O)N1C. The summed E-state index contributed by atoms with van der Waals surface area (Å²) in [7, 11) is 1.76. The molecule has 4 nitrogen and oxygen atoms in total. The minimum Gasteiger partial charge on any atom is -0.394 e. The van der Waals surface area contributed by atoms with Gasteiger partial charge in [0.1, 0.15) is 6.04 Å². The Labute approximate surface area is 66.2 Å². The zero-order valence-electron chi connectivity index (χ0n) is 6.87. The van der Waals surface area contributed by atoms with Crippen molar-refractivity contribution >= 4 is 5.91 Å². The highest BCUT2D eigenvalue weighted by molar-refractivity contribution is 5.82. The van der Waals surface area contributed by atoms with Crippen molar-refractivity contribution in [2.45, 2.75) is 19.0 Å². The lowest BCUT2D eigenvalue weighted by Crippen LogP contribution is -2.58. The van der Waals surface area contributed by atoms with Crippen LogP contribution in [0.2, 0.25) is 0 Å². The molecule has 1 heterocycles. The number of carbonyl (C=O) groups excluding carboxylic acids is 1. The molecule has 0 aromatic heterocycles. The van der Waals surface area contributed by atoms with E-state index >= 15 is 0 Å². The number of aliphatic hydroxyl groups is 1. The Morgan fingerprint density at radius 3 is 3.00 bits per heavy atom. The summed E-state index contributed by atoms with van der Waals surface area (Å²) in [6.07, 6.45) is 0. The third-order valence-corrected chi connectivity index (χ3v) is 2.15. The van der Waals surface area contributed by atoms with E-state index in [2.05, 4.69) is 5.32 Å². The van der Waals surface area contributed by atoms with E-state index in [0.29, 0.717) is 0 Å². The van der Waals surface area contributed by atoms with Gasteiger partial charge in [-0.05, 0) is 6.92 Å². The number of aliphatic hydroxyl groups excluding tert-OH is 1. The molecule has 2 atom stereocenters. The largest absolute Gasteiger partial charge is 0.394 e. The molecule has 1 saturated heterocycles. The van der Waals surface area contributed by atoms with Crippen LogP contribution in [-0.2, 0) is 4.79 Å². The van der Waals surface area contributed by atoms with Crippen LogP contribution >= 0.6 is 0 Å². The lowest BCUT2D eigenvalue weighted by atomic mass is 10.1. The standard InChI is InChI=1S/C7H14N2O2/c1-5-3-8-6(4-10)7(11)9(5)2/h5-6,8,10H,3-4H2,1-2H3. The molecule has 1 fully saturated rings. The van der Waals surface area contributed by atoms with E-state index in [9.17, 15) is 4.79 Å². The third kappa shape index (κ3) is 1.52. The normalized spacial score (nSPS) is 32.6. The van der Waals surface area contributed by atoms with Crippen LogP contribution in [-0.4, -0.2) is 48.2 Å². The molecule has 4 heteroatoms. The van der Waals surface area contributed by atoms with Gasteiger partial charge in [0.15, 0.2) is 0 Å². The number of rotatable bonds is 1. The average molecular weight is 158 g/mol. The monoisotopic (exact) mass is 158 g/mol. The molecule has 1 aliphatic rings. The van der Waals surface area contributed by atoms with Gasteiger partial charge in [0.2, 0.25) is 5.91 Å². The summed E-state index contributed by atoms with van der Waals surface area (Å²) in [4.78, 5) is 12.9. The lowest BCUT2D eigenvalue weighted by Gasteiger charge is -2.34. The highest BCUT2D eigenvalue weighted by atomic mass is 16.3. The van der Waals surface area contributed by atoms with Gasteiger partial charge in [-0.25, -0.2) is 0 Å². The molecule has 0 radical (unpaired) electrons. The molecule has 2 unspecified atom stereocenters. The van der Waals surface area contributed by atoms with E-state index in [1.54, 1.807) is 11.9 Å². The summed E-state index contributed by atoms with van der Waals surface area (Å²) in [6.45, 7) is 2.61. The first kappa shape index (κ1) is 8.49. The van der Waals surface area contributed by atoms with Crippen LogP contribution in [0.3, 0.4) is 0 Å². The molecule has 1 aliphatic heterocycles. The van der Waals surface area contributed by atoms with Gasteiger partial charge in [0.25, 0.3) is 0 Å². The van der Waals surface area contributed by atoms with Gasteiger partial charge in [0, 0.05) is 19.6 Å². The fraction of sp³-hybridized carbons (Fsp3) is 0.857. The average Bonchev–Trinajstić information content (AvgIpc) is 2.01. The second kappa shape index (κ2) is 3.19. The Morgan fingerprint density at radius 1 is 1.82 bits per heavy atom. The van der Waals surface area contributed by atoms with Crippen LogP contribution < -0.4 is 5.32 Å². The first-order valence-corrected chi connectivity index (χ1v) is 3.77.